The van der Waals surface area contributed by atoms with Crippen LogP contribution in [-0.4, -0.2) is 19.6 Å². The summed E-state index contributed by atoms with van der Waals surface area (Å²) in [6, 6.07) is 47.1. The van der Waals surface area contributed by atoms with Crippen molar-refractivity contribution in [2.75, 3.05) is 0 Å². The maximum absolute atomic E-state index is 12.4. The van der Waals surface area contributed by atoms with E-state index in [1.54, 1.807) is 0 Å². The van der Waals surface area contributed by atoms with E-state index in [9.17, 15) is 5.11 Å². The summed E-state index contributed by atoms with van der Waals surface area (Å²) in [6.45, 7) is 17.7. The molecule has 0 aliphatic rings. The molecule has 0 bridgehead atoms. The lowest BCUT2D eigenvalue weighted by molar-refractivity contribution is 0.446. The molecule has 0 fully saturated rings. The van der Waals surface area contributed by atoms with Crippen molar-refractivity contribution < 1.29 is 5.11 Å². The molecule has 4 heteroatoms. The molecule has 0 saturated heterocycles. The summed E-state index contributed by atoms with van der Waals surface area (Å²) in [7, 11) is 0. The van der Waals surface area contributed by atoms with Crippen LogP contribution >= 0.6 is 0 Å². The fourth-order valence-electron chi connectivity index (χ4n) is 7.86. The molecule has 2 aromatic heterocycles. The molecule has 0 aliphatic carbocycles. The third-order valence-corrected chi connectivity index (χ3v) is 10.8. The predicted molar refractivity (Wildman–Crippen MR) is 231 cm³/mol. The van der Waals surface area contributed by atoms with E-state index in [1.807, 2.05) is 6.20 Å². The highest BCUT2D eigenvalue weighted by atomic mass is 16.3. The van der Waals surface area contributed by atoms with Crippen LogP contribution in [0.25, 0.3) is 72.4 Å². The van der Waals surface area contributed by atoms with E-state index < -0.39 is 0 Å². The van der Waals surface area contributed by atoms with Gasteiger partial charge < -0.3 is 5.11 Å². The molecule has 1 N–H and O–H groups in total. The molecule has 0 spiro atoms. The Labute approximate surface area is 325 Å². The topological polar surface area (TPSA) is 50.9 Å². The van der Waals surface area contributed by atoms with Crippen LogP contribution < -0.4 is 0 Å². The van der Waals surface area contributed by atoms with Crippen molar-refractivity contribution in [3.8, 4) is 56.3 Å². The van der Waals surface area contributed by atoms with E-state index in [-0.39, 0.29) is 22.5 Å². The van der Waals surface area contributed by atoms with E-state index in [2.05, 4.69) is 193 Å². The van der Waals surface area contributed by atoms with Gasteiger partial charge in [0.2, 0.25) is 0 Å². The first-order valence-electron chi connectivity index (χ1n) is 19.3. The Morgan fingerprint density at radius 1 is 0.600 bits per heavy atom. The molecule has 0 amide bonds. The van der Waals surface area contributed by atoms with E-state index in [0.29, 0.717) is 5.82 Å². The molecule has 2 heterocycles. The van der Waals surface area contributed by atoms with Crippen molar-refractivity contribution in [2.45, 2.75) is 72.1 Å². The number of phenols is 1. The van der Waals surface area contributed by atoms with Crippen molar-refractivity contribution in [3.63, 3.8) is 0 Å². The van der Waals surface area contributed by atoms with Crippen LogP contribution in [-0.2, 0) is 10.8 Å². The first-order chi connectivity index (χ1) is 26.3. The number of rotatable bonds is 6. The van der Waals surface area contributed by atoms with Crippen molar-refractivity contribution >= 4 is 21.8 Å². The quantitative estimate of drug-likeness (QED) is 0.186. The predicted octanol–water partition coefficient (Wildman–Crippen LogP) is 13.7. The minimum Gasteiger partial charge on any atom is -0.507 e. The lowest BCUT2D eigenvalue weighted by atomic mass is 9.79. The van der Waals surface area contributed by atoms with Gasteiger partial charge in [-0.25, -0.2) is 4.98 Å². The Balaban J connectivity index is 1.48. The standard InChI is InChI=1S/C51H49N3O/c1-32(2)38-23-15-25-41(33-17-10-9-11-18-33)47(38)54-44-26-16-24-40(35-20-14-21-36(29-35)45-39-22-13-12-19-34(39)27-28-52-45)46(44)53-49(54)42-30-37(50(3,4)5)31-43(48(42)55)51(6,7)8/h9-32,55H,1-8H3. The Kier molecular flexibility index (Phi) is 8.96. The van der Waals surface area contributed by atoms with Crippen molar-refractivity contribution in [1.82, 2.24) is 14.5 Å². The van der Waals surface area contributed by atoms with Crippen LogP contribution in [0.3, 0.4) is 0 Å². The summed E-state index contributed by atoms with van der Waals surface area (Å²) in [5.74, 6) is 1.20. The minimum absolute atomic E-state index is 0.161. The molecular weight excluding hydrogens is 671 g/mol. The molecule has 0 radical (unpaired) electrons. The van der Waals surface area contributed by atoms with E-state index in [1.165, 1.54) is 5.56 Å². The third-order valence-electron chi connectivity index (χ3n) is 10.8. The molecule has 8 rings (SSSR count). The molecule has 4 nitrogen and oxygen atoms in total. The molecule has 0 saturated carbocycles. The maximum atomic E-state index is 12.4. The second-order valence-corrected chi connectivity index (χ2v) is 17.1. The molecule has 0 aliphatic heterocycles. The van der Waals surface area contributed by atoms with Crippen molar-refractivity contribution in [3.05, 3.63) is 156 Å². The SMILES string of the molecule is CC(C)c1cccc(-c2ccccc2)c1-n1c(-c2cc(C(C)(C)C)cc(C(C)(C)C)c2O)nc2c(-c3cccc(-c4nccc5ccccc45)c3)cccc21. The highest BCUT2D eigenvalue weighted by Gasteiger charge is 2.30. The fourth-order valence-corrected chi connectivity index (χ4v) is 7.86. The van der Waals surface area contributed by atoms with Crippen LogP contribution in [0.1, 0.15) is 78.0 Å². The minimum atomic E-state index is -0.302. The fraction of sp³-hybridized carbons (Fsp3) is 0.216. The van der Waals surface area contributed by atoms with Crippen LogP contribution in [0, 0.1) is 0 Å². The van der Waals surface area contributed by atoms with Crippen molar-refractivity contribution in [1.29, 1.82) is 0 Å². The zero-order valence-corrected chi connectivity index (χ0v) is 33.1. The normalized spacial score (nSPS) is 12.2. The van der Waals surface area contributed by atoms with Crippen LogP contribution in [0.15, 0.2) is 140 Å². The number of aromatic hydroxyl groups is 1. The first-order valence-corrected chi connectivity index (χ1v) is 19.3. The van der Waals surface area contributed by atoms with Gasteiger partial charge in [0.05, 0.1) is 28.0 Å². The summed E-state index contributed by atoms with van der Waals surface area (Å²) in [5.41, 5.74) is 12.8. The highest BCUT2D eigenvalue weighted by molar-refractivity contribution is 5.99. The number of hydrogen-bond donors (Lipinski definition) is 1. The summed E-state index contributed by atoms with van der Waals surface area (Å²) in [6.07, 6.45) is 1.89. The van der Waals surface area contributed by atoms with Gasteiger partial charge in [0.1, 0.15) is 11.6 Å². The summed E-state index contributed by atoms with van der Waals surface area (Å²) >= 11 is 0. The van der Waals surface area contributed by atoms with Gasteiger partial charge in [-0.2, -0.15) is 0 Å². The van der Waals surface area contributed by atoms with Gasteiger partial charge in [-0.15, -0.1) is 0 Å². The molecule has 6 aromatic carbocycles. The summed E-state index contributed by atoms with van der Waals surface area (Å²) in [4.78, 5) is 10.5. The zero-order chi connectivity index (χ0) is 38.6. The van der Waals surface area contributed by atoms with Gasteiger partial charge in [-0.3, -0.25) is 9.55 Å². The number of phenolic OH excluding ortho intramolecular Hbond substituents is 1. The number of nitrogens with zero attached hydrogens (tertiary/aromatic N) is 3. The van der Waals surface area contributed by atoms with Gasteiger partial charge in [0.25, 0.3) is 0 Å². The van der Waals surface area contributed by atoms with E-state index >= 15 is 0 Å². The lowest BCUT2D eigenvalue weighted by Crippen LogP contribution is -2.17. The van der Waals surface area contributed by atoms with E-state index in [4.69, 9.17) is 9.97 Å². The average Bonchev–Trinajstić information content (AvgIpc) is 3.56. The van der Waals surface area contributed by atoms with Crippen molar-refractivity contribution in [2.24, 2.45) is 0 Å². The molecule has 0 unspecified atom stereocenters. The van der Waals surface area contributed by atoms with Crippen LogP contribution in [0.4, 0.5) is 0 Å². The molecular formula is C51H49N3O. The van der Waals surface area contributed by atoms with Gasteiger partial charge >= 0.3 is 0 Å². The average molecular weight is 720 g/mol. The highest BCUT2D eigenvalue weighted by Crippen LogP contribution is 2.46. The number of aromatic nitrogens is 3. The number of pyridine rings is 1. The van der Waals surface area contributed by atoms with Gasteiger partial charge in [0.15, 0.2) is 0 Å². The molecule has 0 atom stereocenters. The number of hydrogen-bond acceptors (Lipinski definition) is 3. The van der Waals surface area contributed by atoms with Gasteiger partial charge in [-0.05, 0) is 68.7 Å². The smallest absolute Gasteiger partial charge is 0.149 e. The van der Waals surface area contributed by atoms with E-state index in [0.717, 1.165) is 77.7 Å². The molecule has 274 valence electrons. The molecule has 8 aromatic rings. The Bertz CT molecular complexity index is 2700. The Morgan fingerprint density at radius 2 is 1.27 bits per heavy atom. The van der Waals surface area contributed by atoms with Crippen LogP contribution in [0.5, 0.6) is 5.75 Å². The second kappa shape index (κ2) is 13.7. The zero-order valence-electron chi connectivity index (χ0n) is 33.1. The summed E-state index contributed by atoms with van der Waals surface area (Å²) < 4.78 is 2.32. The molecule has 55 heavy (non-hydrogen) atoms. The Hall–Kier alpha value is -6.00. The number of fused-ring (bicyclic) bond motifs is 2. The number of benzene rings is 6. The van der Waals surface area contributed by atoms with Gasteiger partial charge in [0, 0.05) is 33.8 Å². The Morgan fingerprint density at radius 3 is 2.02 bits per heavy atom. The number of para-hydroxylation sites is 2. The van der Waals surface area contributed by atoms with Gasteiger partial charge in [-0.1, -0.05) is 165 Å². The monoisotopic (exact) mass is 719 g/mol. The summed E-state index contributed by atoms with van der Waals surface area (Å²) in [5, 5.41) is 14.7. The maximum Gasteiger partial charge on any atom is 0.149 e. The third kappa shape index (κ3) is 6.50. The number of imidazole rings is 1. The largest absolute Gasteiger partial charge is 0.507 e. The second-order valence-electron chi connectivity index (χ2n) is 17.1. The lowest BCUT2D eigenvalue weighted by Gasteiger charge is -2.28. The first kappa shape index (κ1) is 36.0. The van der Waals surface area contributed by atoms with Crippen LogP contribution in [0.2, 0.25) is 0 Å².